The molecule has 2 aromatic heterocycles. The van der Waals surface area contributed by atoms with Crippen LogP contribution in [-0.2, 0) is 12.8 Å². The Labute approximate surface area is 176 Å². The van der Waals surface area contributed by atoms with E-state index in [0.29, 0.717) is 0 Å². The van der Waals surface area contributed by atoms with Gasteiger partial charge in [-0.3, -0.25) is 4.98 Å². The standard InChI is InChI=1S/C23H25FN4.ClH/c24-22-13-16(8-10-26-22)15-6-7-21-19(12-15)23(28-11-9-17(25)14-28)18-4-2-1-3-5-20(18)27-21;/h6-8,10,12-13,17H,1-5,9,11,14,25H2;1H/t17-;/m0./s1. The Bertz CT molecular complexity index is 1040. The fourth-order valence-electron chi connectivity index (χ4n) is 4.69. The Hall–Kier alpha value is -2.24. The number of hydrogen-bond acceptors (Lipinski definition) is 4. The molecule has 6 heteroatoms. The predicted molar refractivity (Wildman–Crippen MR) is 118 cm³/mol. The first-order chi connectivity index (χ1) is 13.7. The van der Waals surface area contributed by atoms with Crippen LogP contribution in [0, 0.1) is 5.95 Å². The number of hydrogen-bond donors (Lipinski definition) is 1. The third-order valence-electron chi connectivity index (χ3n) is 6.08. The summed E-state index contributed by atoms with van der Waals surface area (Å²) < 4.78 is 13.7. The van der Waals surface area contributed by atoms with Crippen LogP contribution in [0.25, 0.3) is 22.0 Å². The van der Waals surface area contributed by atoms with E-state index in [1.54, 1.807) is 0 Å². The van der Waals surface area contributed by atoms with Crippen LogP contribution in [-0.4, -0.2) is 29.1 Å². The number of rotatable bonds is 2. The number of halogens is 2. The zero-order valence-electron chi connectivity index (χ0n) is 16.4. The molecule has 0 spiro atoms. The lowest BCUT2D eigenvalue weighted by molar-refractivity contribution is 0.584. The number of anilines is 1. The SMILES string of the molecule is Cl.N[C@H]1CCN(c2c3c(nc4ccc(-c5ccnc(F)c5)cc24)CCCCC3)C1. The van der Waals surface area contributed by atoms with Crippen LogP contribution >= 0.6 is 12.4 Å². The minimum Gasteiger partial charge on any atom is -0.369 e. The first kappa shape index (κ1) is 20.0. The second kappa shape index (κ2) is 8.25. The van der Waals surface area contributed by atoms with Crippen molar-refractivity contribution in [1.82, 2.24) is 9.97 Å². The van der Waals surface area contributed by atoms with Crippen LogP contribution in [0.1, 0.15) is 36.9 Å². The topological polar surface area (TPSA) is 55.0 Å². The molecule has 1 aliphatic carbocycles. The van der Waals surface area contributed by atoms with Crippen LogP contribution in [0.5, 0.6) is 0 Å². The molecule has 4 nitrogen and oxygen atoms in total. The van der Waals surface area contributed by atoms with Crippen molar-refractivity contribution in [2.45, 2.75) is 44.6 Å². The molecule has 0 amide bonds. The van der Waals surface area contributed by atoms with E-state index in [1.807, 2.05) is 12.1 Å². The van der Waals surface area contributed by atoms with E-state index < -0.39 is 5.95 Å². The van der Waals surface area contributed by atoms with Gasteiger partial charge in [0.25, 0.3) is 0 Å². The van der Waals surface area contributed by atoms with Crippen molar-refractivity contribution in [3.05, 3.63) is 53.7 Å². The average Bonchev–Trinajstić information content (AvgIpc) is 2.99. The summed E-state index contributed by atoms with van der Waals surface area (Å²) in [6.45, 7) is 1.88. The van der Waals surface area contributed by atoms with Crippen molar-refractivity contribution in [3.8, 4) is 11.1 Å². The summed E-state index contributed by atoms with van der Waals surface area (Å²) in [5.74, 6) is -0.455. The quantitative estimate of drug-likeness (QED) is 0.491. The number of nitrogens with zero attached hydrogens (tertiary/aromatic N) is 3. The molecular formula is C23H26ClFN4. The summed E-state index contributed by atoms with van der Waals surface area (Å²) >= 11 is 0. The summed E-state index contributed by atoms with van der Waals surface area (Å²) in [5, 5.41) is 1.16. The van der Waals surface area contributed by atoms with Gasteiger partial charge in [-0.05, 0) is 67.0 Å². The highest BCUT2D eigenvalue weighted by molar-refractivity contribution is 5.97. The van der Waals surface area contributed by atoms with Gasteiger partial charge >= 0.3 is 0 Å². The molecule has 1 aliphatic heterocycles. The highest BCUT2D eigenvalue weighted by Gasteiger charge is 2.26. The number of aryl methyl sites for hydroxylation is 1. The molecule has 0 bridgehead atoms. The lowest BCUT2D eigenvalue weighted by Crippen LogP contribution is -2.27. The molecule has 3 aromatic rings. The summed E-state index contributed by atoms with van der Waals surface area (Å²) in [6.07, 6.45) is 8.34. The van der Waals surface area contributed by atoms with Gasteiger partial charge in [0.2, 0.25) is 5.95 Å². The van der Waals surface area contributed by atoms with Gasteiger partial charge in [-0.2, -0.15) is 4.39 Å². The maximum atomic E-state index is 13.7. The van der Waals surface area contributed by atoms with Crippen molar-refractivity contribution in [2.24, 2.45) is 5.73 Å². The highest BCUT2D eigenvalue weighted by atomic mass is 35.5. The van der Waals surface area contributed by atoms with Gasteiger partial charge in [-0.25, -0.2) is 4.98 Å². The molecule has 0 unspecified atom stereocenters. The van der Waals surface area contributed by atoms with Gasteiger partial charge < -0.3 is 10.6 Å². The number of aromatic nitrogens is 2. The van der Waals surface area contributed by atoms with Gasteiger partial charge in [0, 0.05) is 42.5 Å². The van der Waals surface area contributed by atoms with E-state index in [2.05, 4.69) is 22.0 Å². The fraction of sp³-hybridized carbons (Fsp3) is 0.391. The number of pyridine rings is 2. The molecule has 5 rings (SSSR count). The van der Waals surface area contributed by atoms with Crippen LogP contribution in [0.15, 0.2) is 36.5 Å². The Morgan fingerprint density at radius 3 is 2.66 bits per heavy atom. The molecule has 0 radical (unpaired) electrons. The molecule has 2 aliphatic rings. The minimum absolute atomic E-state index is 0. The monoisotopic (exact) mass is 412 g/mol. The summed E-state index contributed by atoms with van der Waals surface area (Å²) in [4.78, 5) is 11.2. The van der Waals surface area contributed by atoms with Gasteiger partial charge in [0.05, 0.1) is 11.2 Å². The van der Waals surface area contributed by atoms with Crippen molar-refractivity contribution in [2.75, 3.05) is 18.0 Å². The van der Waals surface area contributed by atoms with Crippen LogP contribution in [0.3, 0.4) is 0 Å². The number of nitrogens with two attached hydrogens (primary N) is 1. The van der Waals surface area contributed by atoms with Crippen molar-refractivity contribution in [1.29, 1.82) is 0 Å². The van der Waals surface area contributed by atoms with E-state index in [1.165, 1.54) is 48.5 Å². The van der Waals surface area contributed by atoms with Gasteiger partial charge in [0.15, 0.2) is 0 Å². The minimum atomic E-state index is -0.455. The molecule has 1 fully saturated rings. The average molecular weight is 413 g/mol. The van der Waals surface area contributed by atoms with E-state index in [0.717, 1.165) is 54.4 Å². The Morgan fingerprint density at radius 1 is 1.03 bits per heavy atom. The number of fused-ring (bicyclic) bond motifs is 2. The van der Waals surface area contributed by atoms with Crippen molar-refractivity contribution >= 4 is 29.0 Å². The fourth-order valence-corrected chi connectivity index (χ4v) is 4.69. The second-order valence-corrected chi connectivity index (χ2v) is 8.04. The zero-order chi connectivity index (χ0) is 19.1. The number of benzene rings is 1. The lowest BCUT2D eigenvalue weighted by atomic mass is 9.98. The van der Waals surface area contributed by atoms with Crippen LogP contribution in [0.4, 0.5) is 10.1 Å². The highest BCUT2D eigenvalue weighted by Crippen LogP contribution is 2.38. The largest absolute Gasteiger partial charge is 0.369 e. The van der Waals surface area contributed by atoms with Gasteiger partial charge in [0.1, 0.15) is 0 Å². The molecule has 0 saturated carbocycles. The predicted octanol–water partition coefficient (Wildman–Crippen LogP) is 4.66. The molecule has 1 saturated heterocycles. The first-order valence-corrected chi connectivity index (χ1v) is 10.3. The van der Waals surface area contributed by atoms with E-state index in [4.69, 9.17) is 10.7 Å². The molecule has 1 aromatic carbocycles. The molecule has 152 valence electrons. The maximum absolute atomic E-state index is 13.7. The summed E-state index contributed by atoms with van der Waals surface area (Å²) in [7, 11) is 0. The Morgan fingerprint density at radius 2 is 1.86 bits per heavy atom. The molecular weight excluding hydrogens is 387 g/mol. The zero-order valence-corrected chi connectivity index (χ0v) is 17.2. The third kappa shape index (κ3) is 3.81. The first-order valence-electron chi connectivity index (χ1n) is 10.3. The van der Waals surface area contributed by atoms with Crippen molar-refractivity contribution < 1.29 is 4.39 Å². The summed E-state index contributed by atoms with van der Waals surface area (Å²) in [5.41, 5.74) is 13.1. The Balaban J connectivity index is 0.00000205. The van der Waals surface area contributed by atoms with E-state index >= 15 is 0 Å². The maximum Gasteiger partial charge on any atom is 0.213 e. The van der Waals surface area contributed by atoms with E-state index in [-0.39, 0.29) is 18.4 Å². The Kier molecular flexibility index (Phi) is 5.70. The summed E-state index contributed by atoms with van der Waals surface area (Å²) in [6, 6.07) is 9.85. The van der Waals surface area contributed by atoms with Gasteiger partial charge in [-0.15, -0.1) is 12.4 Å². The van der Waals surface area contributed by atoms with Crippen LogP contribution in [0.2, 0.25) is 0 Å². The normalized spacial score (nSPS) is 19.0. The molecule has 2 N–H and O–H groups in total. The van der Waals surface area contributed by atoms with Gasteiger partial charge in [-0.1, -0.05) is 12.5 Å². The smallest absolute Gasteiger partial charge is 0.213 e. The second-order valence-electron chi connectivity index (χ2n) is 8.04. The molecule has 29 heavy (non-hydrogen) atoms. The van der Waals surface area contributed by atoms with Crippen molar-refractivity contribution in [3.63, 3.8) is 0 Å². The molecule has 1 atom stereocenters. The van der Waals surface area contributed by atoms with Crippen LogP contribution < -0.4 is 10.6 Å². The third-order valence-corrected chi connectivity index (χ3v) is 6.08. The molecule has 3 heterocycles. The lowest BCUT2D eigenvalue weighted by Gasteiger charge is -2.25. The van der Waals surface area contributed by atoms with E-state index in [9.17, 15) is 4.39 Å².